The normalized spacial score (nSPS) is 11.5. The largest absolute Gasteiger partial charge is 0.264 e. The molecule has 0 amide bonds. The molecule has 0 spiro atoms. The van der Waals surface area contributed by atoms with Crippen molar-refractivity contribution in [1.29, 1.82) is 0 Å². The Hall–Kier alpha value is -3.97. The van der Waals surface area contributed by atoms with Crippen LogP contribution in [0.1, 0.15) is 16.7 Å². The van der Waals surface area contributed by atoms with Crippen molar-refractivity contribution in [3.63, 3.8) is 0 Å². The summed E-state index contributed by atoms with van der Waals surface area (Å²) in [4.78, 5) is 4.57. The van der Waals surface area contributed by atoms with Gasteiger partial charge in [0.15, 0.2) is 0 Å². The van der Waals surface area contributed by atoms with E-state index in [1.54, 1.807) is 0 Å². The molecule has 0 N–H and O–H groups in total. The van der Waals surface area contributed by atoms with Crippen LogP contribution in [0.15, 0.2) is 97.3 Å². The van der Waals surface area contributed by atoms with Crippen molar-refractivity contribution in [1.82, 2.24) is 4.98 Å². The molecule has 5 aromatic carbocycles. The highest BCUT2D eigenvalue weighted by Crippen LogP contribution is 2.45. The average molecular weight is 424 g/mol. The van der Waals surface area contributed by atoms with Crippen molar-refractivity contribution >= 4 is 32.3 Å². The molecule has 0 atom stereocenters. The molecule has 0 aliphatic rings. The molecule has 0 fully saturated rings. The molecule has 0 unspecified atom stereocenters. The van der Waals surface area contributed by atoms with E-state index in [1.165, 1.54) is 71.3 Å². The Morgan fingerprint density at radius 2 is 1.15 bits per heavy atom. The summed E-state index contributed by atoms with van der Waals surface area (Å²) in [5, 5.41) is 7.52. The first-order valence-electron chi connectivity index (χ1n) is 11.5. The highest BCUT2D eigenvalue weighted by molar-refractivity contribution is 6.23. The molecule has 0 radical (unpaired) electrons. The average Bonchev–Trinajstić information content (AvgIpc) is 2.85. The second-order valence-electron chi connectivity index (χ2n) is 8.98. The number of benzene rings is 5. The lowest BCUT2D eigenvalue weighted by Gasteiger charge is -2.19. The first-order valence-corrected chi connectivity index (χ1v) is 11.5. The molecule has 1 heteroatoms. The summed E-state index contributed by atoms with van der Waals surface area (Å²) in [7, 11) is 0. The van der Waals surface area contributed by atoms with Gasteiger partial charge in [0.05, 0.1) is 0 Å². The van der Waals surface area contributed by atoms with Gasteiger partial charge in [0.25, 0.3) is 0 Å². The second-order valence-corrected chi connectivity index (χ2v) is 8.98. The smallest absolute Gasteiger partial charge is 0.0353 e. The predicted molar refractivity (Wildman–Crippen MR) is 142 cm³/mol. The molecular weight excluding hydrogens is 398 g/mol. The number of hydrogen-bond acceptors (Lipinski definition) is 1. The molecular formula is C32H25N. The third-order valence-corrected chi connectivity index (χ3v) is 7.10. The SMILES string of the molecule is Cc1cc(-c2c3ccccc3c(-c3cccc4ccccc34)c3ccncc23)cc(C)c1C. The minimum absolute atomic E-state index is 1.20. The Morgan fingerprint density at radius 3 is 1.91 bits per heavy atom. The van der Waals surface area contributed by atoms with Crippen molar-refractivity contribution in [3.05, 3.63) is 114 Å². The molecule has 0 aliphatic carbocycles. The van der Waals surface area contributed by atoms with E-state index in [1.807, 2.05) is 12.4 Å². The van der Waals surface area contributed by atoms with E-state index >= 15 is 0 Å². The number of pyridine rings is 1. The van der Waals surface area contributed by atoms with Crippen LogP contribution in [0.3, 0.4) is 0 Å². The first-order chi connectivity index (χ1) is 16.1. The highest BCUT2D eigenvalue weighted by Gasteiger charge is 2.18. The van der Waals surface area contributed by atoms with Crippen molar-refractivity contribution in [3.8, 4) is 22.3 Å². The summed E-state index contributed by atoms with van der Waals surface area (Å²) < 4.78 is 0. The molecule has 1 nitrogen and oxygen atoms in total. The third kappa shape index (κ3) is 3.04. The van der Waals surface area contributed by atoms with Crippen molar-refractivity contribution in [2.75, 3.05) is 0 Å². The fourth-order valence-corrected chi connectivity index (χ4v) is 5.25. The van der Waals surface area contributed by atoms with Gasteiger partial charge in [0, 0.05) is 17.8 Å². The fourth-order valence-electron chi connectivity index (χ4n) is 5.25. The van der Waals surface area contributed by atoms with Gasteiger partial charge in [-0.2, -0.15) is 0 Å². The van der Waals surface area contributed by atoms with Gasteiger partial charge < -0.3 is 0 Å². The maximum Gasteiger partial charge on any atom is 0.0353 e. The zero-order chi connectivity index (χ0) is 22.5. The van der Waals surface area contributed by atoms with E-state index in [4.69, 9.17) is 0 Å². The van der Waals surface area contributed by atoms with Gasteiger partial charge in [-0.05, 0) is 92.7 Å². The number of fused-ring (bicyclic) bond motifs is 3. The van der Waals surface area contributed by atoms with Crippen LogP contribution in [-0.4, -0.2) is 4.98 Å². The van der Waals surface area contributed by atoms with Crippen molar-refractivity contribution < 1.29 is 0 Å². The first kappa shape index (κ1) is 19.7. The predicted octanol–water partition coefficient (Wildman–Crippen LogP) is 8.80. The molecule has 0 saturated heterocycles. The Kier molecular flexibility index (Phi) is 4.52. The maximum atomic E-state index is 4.57. The molecule has 0 saturated carbocycles. The van der Waals surface area contributed by atoms with Crippen LogP contribution in [0.4, 0.5) is 0 Å². The minimum Gasteiger partial charge on any atom is -0.264 e. The second kappa shape index (κ2) is 7.56. The van der Waals surface area contributed by atoms with Gasteiger partial charge >= 0.3 is 0 Å². The van der Waals surface area contributed by atoms with Gasteiger partial charge in [-0.3, -0.25) is 4.98 Å². The zero-order valence-corrected chi connectivity index (χ0v) is 19.2. The van der Waals surface area contributed by atoms with Crippen LogP contribution in [-0.2, 0) is 0 Å². The van der Waals surface area contributed by atoms with Gasteiger partial charge in [0.1, 0.15) is 0 Å². The van der Waals surface area contributed by atoms with E-state index in [9.17, 15) is 0 Å². The summed E-state index contributed by atoms with van der Waals surface area (Å²) in [5.41, 5.74) is 9.08. The quantitative estimate of drug-likeness (QED) is 0.254. The lowest BCUT2D eigenvalue weighted by atomic mass is 9.84. The van der Waals surface area contributed by atoms with Crippen LogP contribution in [0.2, 0.25) is 0 Å². The summed E-state index contributed by atoms with van der Waals surface area (Å²) in [6.07, 6.45) is 3.96. The Morgan fingerprint density at radius 1 is 0.545 bits per heavy atom. The van der Waals surface area contributed by atoms with Crippen molar-refractivity contribution in [2.45, 2.75) is 20.8 Å². The highest BCUT2D eigenvalue weighted by atomic mass is 14.6. The van der Waals surface area contributed by atoms with Crippen LogP contribution in [0.25, 0.3) is 54.6 Å². The number of rotatable bonds is 2. The molecule has 0 bridgehead atoms. The van der Waals surface area contributed by atoms with Crippen LogP contribution < -0.4 is 0 Å². The standard InChI is InChI=1S/C32H25N/c1-20-17-24(18-21(2)22(20)3)31-27-12-6-7-13-28(27)32(29-15-16-33-19-30(29)31)26-14-8-10-23-9-4-5-11-25(23)26/h4-19H,1-3H3. The van der Waals surface area contributed by atoms with E-state index in [0.717, 1.165) is 0 Å². The Bertz CT molecular complexity index is 1610. The summed E-state index contributed by atoms with van der Waals surface area (Å²) in [6, 6.07) is 30.9. The number of nitrogens with zero attached hydrogens (tertiary/aromatic N) is 1. The molecule has 0 aliphatic heterocycles. The summed E-state index contributed by atoms with van der Waals surface area (Å²) >= 11 is 0. The number of aromatic nitrogens is 1. The number of hydrogen-bond donors (Lipinski definition) is 0. The monoisotopic (exact) mass is 423 g/mol. The van der Waals surface area contributed by atoms with Crippen LogP contribution >= 0.6 is 0 Å². The zero-order valence-electron chi connectivity index (χ0n) is 19.2. The van der Waals surface area contributed by atoms with E-state index in [2.05, 4.69) is 111 Å². The lowest BCUT2D eigenvalue weighted by Crippen LogP contribution is -1.94. The number of aryl methyl sites for hydroxylation is 2. The van der Waals surface area contributed by atoms with Crippen LogP contribution in [0.5, 0.6) is 0 Å². The third-order valence-electron chi connectivity index (χ3n) is 7.10. The van der Waals surface area contributed by atoms with E-state index < -0.39 is 0 Å². The maximum absolute atomic E-state index is 4.57. The Balaban J connectivity index is 1.82. The molecule has 1 heterocycles. The fraction of sp³-hybridized carbons (Fsp3) is 0.0938. The molecule has 6 rings (SSSR count). The minimum atomic E-state index is 1.20. The van der Waals surface area contributed by atoms with Gasteiger partial charge in [-0.15, -0.1) is 0 Å². The summed E-state index contributed by atoms with van der Waals surface area (Å²) in [6.45, 7) is 6.62. The van der Waals surface area contributed by atoms with E-state index in [-0.39, 0.29) is 0 Å². The molecule has 33 heavy (non-hydrogen) atoms. The van der Waals surface area contributed by atoms with Gasteiger partial charge in [-0.25, -0.2) is 0 Å². The van der Waals surface area contributed by atoms with Gasteiger partial charge in [0.2, 0.25) is 0 Å². The summed E-state index contributed by atoms with van der Waals surface area (Å²) in [5.74, 6) is 0. The van der Waals surface area contributed by atoms with Crippen LogP contribution in [0, 0.1) is 20.8 Å². The van der Waals surface area contributed by atoms with E-state index in [0.29, 0.717) is 0 Å². The topological polar surface area (TPSA) is 12.9 Å². The molecule has 6 aromatic rings. The lowest BCUT2D eigenvalue weighted by molar-refractivity contribution is 1.27. The van der Waals surface area contributed by atoms with Crippen molar-refractivity contribution in [2.24, 2.45) is 0 Å². The molecule has 158 valence electrons. The Labute approximate surface area is 194 Å². The van der Waals surface area contributed by atoms with Gasteiger partial charge in [-0.1, -0.05) is 78.9 Å². The molecule has 1 aromatic heterocycles.